The predicted octanol–water partition coefficient (Wildman–Crippen LogP) is 2.03. The molecule has 58 valence electrons. The summed E-state index contributed by atoms with van der Waals surface area (Å²) in [6.45, 7) is 0. The Kier molecular flexibility index (Phi) is 2.24. The molecule has 1 aromatic rings. The lowest BCUT2D eigenvalue weighted by molar-refractivity contribution is 0.108. The van der Waals surface area contributed by atoms with Crippen molar-refractivity contribution in [2.24, 2.45) is 0 Å². The van der Waals surface area contributed by atoms with Gasteiger partial charge in [-0.15, -0.1) is 12.6 Å². The number of thiol groups is 1. The molecule has 0 saturated heterocycles. The summed E-state index contributed by atoms with van der Waals surface area (Å²) in [5, 5.41) is -0.706. The summed E-state index contributed by atoms with van der Waals surface area (Å²) >= 11 is 3.39. The van der Waals surface area contributed by atoms with Crippen molar-refractivity contribution in [3.8, 4) is 0 Å². The standard InChI is InChI=1S/C7H4F2OS/c8-4-1-2-5(7(10)11)6(9)3-4/h1-3H,(H,10,11). The highest BCUT2D eigenvalue weighted by Crippen LogP contribution is 2.11. The van der Waals surface area contributed by atoms with Crippen LogP contribution in [0.2, 0.25) is 0 Å². The summed E-state index contributed by atoms with van der Waals surface area (Å²) in [7, 11) is 0. The van der Waals surface area contributed by atoms with Crippen LogP contribution in [0.4, 0.5) is 8.78 Å². The number of carbonyl (C=O) groups excluding carboxylic acids is 1. The first-order valence-electron chi connectivity index (χ1n) is 2.79. The van der Waals surface area contributed by atoms with Gasteiger partial charge in [0.05, 0.1) is 5.56 Å². The van der Waals surface area contributed by atoms with Crippen molar-refractivity contribution in [3.05, 3.63) is 35.4 Å². The lowest BCUT2D eigenvalue weighted by atomic mass is 10.2. The average molecular weight is 174 g/mol. The number of rotatable bonds is 1. The fraction of sp³-hybridized carbons (Fsp3) is 0. The molecule has 0 amide bonds. The Labute approximate surface area is 67.4 Å². The van der Waals surface area contributed by atoms with Gasteiger partial charge in [0.15, 0.2) is 0 Å². The molecular formula is C7H4F2OS. The summed E-state index contributed by atoms with van der Waals surface area (Å²) in [5.74, 6) is -1.59. The second-order valence-corrected chi connectivity index (χ2v) is 2.34. The van der Waals surface area contributed by atoms with Crippen LogP contribution in [0.1, 0.15) is 10.4 Å². The van der Waals surface area contributed by atoms with Gasteiger partial charge in [-0.05, 0) is 12.1 Å². The van der Waals surface area contributed by atoms with Gasteiger partial charge in [-0.25, -0.2) is 8.78 Å². The number of halogens is 2. The first-order valence-corrected chi connectivity index (χ1v) is 3.24. The van der Waals surface area contributed by atoms with Crippen molar-refractivity contribution in [2.75, 3.05) is 0 Å². The van der Waals surface area contributed by atoms with Crippen LogP contribution < -0.4 is 0 Å². The Balaban J connectivity index is 3.20. The van der Waals surface area contributed by atoms with Crippen LogP contribution in [-0.4, -0.2) is 5.12 Å². The zero-order chi connectivity index (χ0) is 8.43. The Hall–Kier alpha value is -0.900. The monoisotopic (exact) mass is 174 g/mol. The average Bonchev–Trinajstić information content (AvgIpc) is 1.85. The van der Waals surface area contributed by atoms with Crippen LogP contribution in [-0.2, 0) is 0 Å². The smallest absolute Gasteiger partial charge is 0.219 e. The fourth-order valence-corrected chi connectivity index (χ4v) is 0.844. The van der Waals surface area contributed by atoms with Gasteiger partial charge >= 0.3 is 0 Å². The summed E-state index contributed by atoms with van der Waals surface area (Å²) in [6.07, 6.45) is 0. The maximum Gasteiger partial charge on any atom is 0.219 e. The van der Waals surface area contributed by atoms with E-state index in [0.29, 0.717) is 6.07 Å². The summed E-state index contributed by atoms with van der Waals surface area (Å²) in [5.41, 5.74) is -0.213. The van der Waals surface area contributed by atoms with Gasteiger partial charge in [0.1, 0.15) is 11.6 Å². The molecule has 0 fully saturated rings. The van der Waals surface area contributed by atoms with E-state index in [9.17, 15) is 13.6 Å². The minimum Gasteiger partial charge on any atom is -0.282 e. The van der Waals surface area contributed by atoms with E-state index < -0.39 is 16.7 Å². The number of hydrogen-bond acceptors (Lipinski definition) is 1. The maximum absolute atomic E-state index is 12.6. The number of hydrogen-bond donors (Lipinski definition) is 1. The molecule has 0 spiro atoms. The van der Waals surface area contributed by atoms with Gasteiger partial charge in [0.2, 0.25) is 5.12 Å². The third kappa shape index (κ3) is 1.77. The minimum absolute atomic E-state index is 0.213. The third-order valence-electron chi connectivity index (χ3n) is 1.16. The SMILES string of the molecule is O=C(S)c1ccc(F)cc1F. The predicted molar refractivity (Wildman–Crippen MR) is 39.7 cm³/mol. The van der Waals surface area contributed by atoms with E-state index in [1.165, 1.54) is 0 Å². The molecule has 0 heterocycles. The molecule has 1 rings (SSSR count). The number of benzene rings is 1. The Morgan fingerprint density at radius 1 is 1.36 bits per heavy atom. The van der Waals surface area contributed by atoms with E-state index in [1.807, 2.05) is 0 Å². The lowest BCUT2D eigenvalue weighted by Crippen LogP contribution is -1.94. The van der Waals surface area contributed by atoms with Crippen molar-refractivity contribution in [1.29, 1.82) is 0 Å². The molecule has 0 aromatic heterocycles. The van der Waals surface area contributed by atoms with E-state index in [4.69, 9.17) is 0 Å². The van der Waals surface area contributed by atoms with Gasteiger partial charge in [-0.2, -0.15) is 0 Å². The molecule has 1 nitrogen and oxygen atoms in total. The van der Waals surface area contributed by atoms with Gasteiger partial charge in [-0.1, -0.05) is 0 Å². The molecule has 0 saturated carbocycles. The van der Waals surface area contributed by atoms with Crippen molar-refractivity contribution in [2.45, 2.75) is 0 Å². The first kappa shape index (κ1) is 8.20. The van der Waals surface area contributed by atoms with E-state index in [1.54, 1.807) is 0 Å². The summed E-state index contributed by atoms with van der Waals surface area (Å²) in [4.78, 5) is 10.5. The summed E-state index contributed by atoms with van der Waals surface area (Å²) < 4.78 is 24.8. The van der Waals surface area contributed by atoms with Gasteiger partial charge < -0.3 is 0 Å². The molecule has 4 heteroatoms. The molecule has 11 heavy (non-hydrogen) atoms. The first-order chi connectivity index (χ1) is 5.11. The zero-order valence-corrected chi connectivity index (χ0v) is 6.24. The van der Waals surface area contributed by atoms with Gasteiger partial charge in [0, 0.05) is 6.07 Å². The van der Waals surface area contributed by atoms with Crippen LogP contribution in [0.25, 0.3) is 0 Å². The van der Waals surface area contributed by atoms with Crippen LogP contribution in [0.5, 0.6) is 0 Å². The molecule has 1 aromatic carbocycles. The van der Waals surface area contributed by atoms with Gasteiger partial charge in [0.25, 0.3) is 0 Å². The second-order valence-electron chi connectivity index (χ2n) is 1.93. The largest absolute Gasteiger partial charge is 0.282 e. The lowest BCUT2D eigenvalue weighted by Gasteiger charge is -1.95. The van der Waals surface area contributed by atoms with E-state index >= 15 is 0 Å². The van der Waals surface area contributed by atoms with Gasteiger partial charge in [-0.3, -0.25) is 4.79 Å². The molecule has 0 aliphatic heterocycles. The second kappa shape index (κ2) is 3.00. The minimum atomic E-state index is -0.884. The number of carbonyl (C=O) groups is 1. The summed E-state index contributed by atoms with van der Waals surface area (Å²) in [6, 6.07) is 2.70. The normalized spacial score (nSPS) is 9.73. The quantitative estimate of drug-likeness (QED) is 0.644. The highest BCUT2D eigenvalue weighted by Gasteiger charge is 2.07. The fourth-order valence-electron chi connectivity index (χ4n) is 0.663. The van der Waals surface area contributed by atoms with E-state index in [0.717, 1.165) is 12.1 Å². The molecular weight excluding hydrogens is 170 g/mol. The van der Waals surface area contributed by atoms with E-state index in [2.05, 4.69) is 12.6 Å². The molecule has 0 aliphatic carbocycles. The molecule has 0 bridgehead atoms. The topological polar surface area (TPSA) is 17.1 Å². The van der Waals surface area contributed by atoms with Crippen molar-refractivity contribution < 1.29 is 13.6 Å². The maximum atomic E-state index is 12.6. The van der Waals surface area contributed by atoms with E-state index in [-0.39, 0.29) is 5.56 Å². The third-order valence-corrected chi connectivity index (χ3v) is 1.40. The van der Waals surface area contributed by atoms with Crippen molar-refractivity contribution >= 4 is 17.7 Å². The molecule has 0 aliphatic rings. The van der Waals surface area contributed by atoms with Crippen LogP contribution in [0.3, 0.4) is 0 Å². The molecule has 0 N–H and O–H groups in total. The van der Waals surface area contributed by atoms with Crippen molar-refractivity contribution in [1.82, 2.24) is 0 Å². The zero-order valence-electron chi connectivity index (χ0n) is 5.34. The Morgan fingerprint density at radius 2 is 2.00 bits per heavy atom. The Morgan fingerprint density at radius 3 is 2.45 bits per heavy atom. The van der Waals surface area contributed by atoms with Crippen LogP contribution >= 0.6 is 12.6 Å². The highest BCUT2D eigenvalue weighted by atomic mass is 32.1. The molecule has 0 radical (unpaired) electrons. The van der Waals surface area contributed by atoms with Crippen LogP contribution in [0, 0.1) is 11.6 Å². The Bertz CT molecular complexity index is 298. The van der Waals surface area contributed by atoms with Crippen molar-refractivity contribution in [3.63, 3.8) is 0 Å². The highest BCUT2D eigenvalue weighted by molar-refractivity contribution is 7.97. The molecule has 0 atom stereocenters. The van der Waals surface area contributed by atoms with Crippen LogP contribution in [0.15, 0.2) is 18.2 Å². The molecule has 0 unspecified atom stereocenters.